The van der Waals surface area contributed by atoms with Crippen LogP contribution < -0.4 is 0 Å². The van der Waals surface area contributed by atoms with Crippen LogP contribution >= 0.6 is 0 Å². The van der Waals surface area contributed by atoms with Gasteiger partial charge in [0.2, 0.25) is 0 Å². The largest absolute Gasteiger partial charge is 0.361 e. The summed E-state index contributed by atoms with van der Waals surface area (Å²) < 4.78 is 5.88. The third-order valence-electron chi connectivity index (χ3n) is 2.40. The molecular weight excluding hydrogens is 178 g/mol. The van der Waals surface area contributed by atoms with Crippen LogP contribution in [-0.2, 0) is 9.53 Å². The molecule has 1 aliphatic heterocycles. The first-order valence-corrected chi connectivity index (χ1v) is 5.22. The summed E-state index contributed by atoms with van der Waals surface area (Å²) in [7, 11) is 2.03. The van der Waals surface area contributed by atoms with Gasteiger partial charge in [-0.3, -0.25) is 0 Å². The molecule has 0 aromatic carbocycles. The maximum Gasteiger partial charge on any atom is 0.153 e. The molecule has 0 saturated carbocycles. The lowest BCUT2D eigenvalue weighted by Gasteiger charge is -2.41. The predicted molar refractivity (Wildman–Crippen MR) is 56.4 cm³/mol. The van der Waals surface area contributed by atoms with Crippen LogP contribution in [0.15, 0.2) is 0 Å². The van der Waals surface area contributed by atoms with Crippen LogP contribution in [0.3, 0.4) is 0 Å². The van der Waals surface area contributed by atoms with Gasteiger partial charge in [0, 0.05) is 6.54 Å². The number of likely N-dealkylation sites (N-methyl/N-ethyl adjacent to an activating group) is 1. The molecule has 82 valence electrons. The smallest absolute Gasteiger partial charge is 0.153 e. The minimum Gasteiger partial charge on any atom is -0.361 e. The monoisotopic (exact) mass is 199 g/mol. The van der Waals surface area contributed by atoms with Crippen molar-refractivity contribution in [2.24, 2.45) is 0 Å². The van der Waals surface area contributed by atoms with Crippen molar-refractivity contribution in [3.05, 3.63) is 0 Å². The second-order valence-corrected chi connectivity index (χ2v) is 5.24. The Hall–Kier alpha value is -0.410. The summed E-state index contributed by atoms with van der Waals surface area (Å²) in [5.41, 5.74) is -0.829. The van der Waals surface area contributed by atoms with Crippen molar-refractivity contribution < 1.29 is 9.53 Å². The second kappa shape index (κ2) is 3.99. The Bertz CT molecular complexity index is 210. The molecule has 14 heavy (non-hydrogen) atoms. The lowest BCUT2D eigenvalue weighted by Crippen LogP contribution is -2.52. The molecule has 3 heteroatoms. The lowest BCUT2D eigenvalue weighted by atomic mass is 9.93. The molecule has 3 nitrogen and oxygen atoms in total. The number of nitrogens with zero attached hydrogens (tertiary/aromatic N) is 1. The third kappa shape index (κ3) is 3.07. The quantitative estimate of drug-likeness (QED) is 0.631. The molecule has 1 aliphatic rings. The molecule has 0 N–H and O–H groups in total. The summed E-state index contributed by atoms with van der Waals surface area (Å²) >= 11 is 0. The second-order valence-electron chi connectivity index (χ2n) is 5.24. The van der Waals surface area contributed by atoms with Gasteiger partial charge >= 0.3 is 0 Å². The number of carbonyl (C=O) groups is 1. The van der Waals surface area contributed by atoms with Crippen LogP contribution in [0.5, 0.6) is 0 Å². The molecule has 0 aromatic heterocycles. The minimum absolute atomic E-state index is 0.251. The normalized spacial score (nSPS) is 30.3. The number of aldehydes is 1. The van der Waals surface area contributed by atoms with E-state index in [1.807, 2.05) is 27.8 Å². The molecule has 0 aromatic rings. The van der Waals surface area contributed by atoms with Crippen molar-refractivity contribution in [1.29, 1.82) is 0 Å². The van der Waals surface area contributed by atoms with Crippen molar-refractivity contribution in [2.45, 2.75) is 44.8 Å². The molecule has 0 bridgehead atoms. The van der Waals surface area contributed by atoms with Crippen LogP contribution in [0, 0.1) is 0 Å². The van der Waals surface area contributed by atoms with Gasteiger partial charge in [0.25, 0.3) is 0 Å². The van der Waals surface area contributed by atoms with Gasteiger partial charge in [0.15, 0.2) is 6.29 Å². The van der Waals surface area contributed by atoms with Gasteiger partial charge in [-0.25, -0.2) is 0 Å². The van der Waals surface area contributed by atoms with E-state index in [9.17, 15) is 4.79 Å². The highest BCUT2D eigenvalue weighted by molar-refractivity contribution is 5.63. The van der Waals surface area contributed by atoms with E-state index in [0.29, 0.717) is 6.54 Å². The maximum atomic E-state index is 11.2. The third-order valence-corrected chi connectivity index (χ3v) is 2.40. The number of hydrogen-bond donors (Lipinski definition) is 0. The Balaban J connectivity index is 2.70. The topological polar surface area (TPSA) is 29.5 Å². The number of hydrogen-bond acceptors (Lipinski definition) is 3. The van der Waals surface area contributed by atoms with Crippen molar-refractivity contribution in [3.63, 3.8) is 0 Å². The van der Waals surface area contributed by atoms with Gasteiger partial charge in [0.1, 0.15) is 5.60 Å². The molecular formula is C11H21NO2. The number of piperidine rings is 1. The van der Waals surface area contributed by atoms with Gasteiger partial charge in [-0.05, 0) is 47.2 Å². The highest BCUT2D eigenvalue weighted by Crippen LogP contribution is 2.27. The van der Waals surface area contributed by atoms with Gasteiger partial charge in [-0.1, -0.05) is 0 Å². The van der Waals surface area contributed by atoms with Crippen LogP contribution in [-0.4, -0.2) is 42.5 Å². The van der Waals surface area contributed by atoms with Crippen LogP contribution in [0.1, 0.15) is 33.6 Å². The molecule has 1 rings (SSSR count). The van der Waals surface area contributed by atoms with E-state index in [4.69, 9.17) is 4.74 Å². The standard InChI is InChI=1S/C11H21NO2/c1-10(2,3)14-11(9-13)6-5-7-12(4)8-11/h9H,5-8H2,1-4H3. The van der Waals surface area contributed by atoms with Crippen LogP contribution in [0.4, 0.5) is 0 Å². The predicted octanol–water partition coefficient (Wildman–Crippen LogP) is 1.46. The minimum atomic E-state index is -0.578. The first-order chi connectivity index (χ1) is 6.37. The molecule has 0 spiro atoms. The fourth-order valence-corrected chi connectivity index (χ4v) is 2.08. The van der Waals surface area contributed by atoms with Gasteiger partial charge in [-0.2, -0.15) is 0 Å². The molecule has 1 unspecified atom stereocenters. The zero-order valence-electron chi connectivity index (χ0n) is 9.67. The van der Waals surface area contributed by atoms with E-state index in [-0.39, 0.29) is 5.60 Å². The summed E-state index contributed by atoms with van der Waals surface area (Å²) in [6.45, 7) is 7.75. The molecule has 1 heterocycles. The van der Waals surface area contributed by atoms with Crippen molar-refractivity contribution in [1.82, 2.24) is 4.90 Å². The first-order valence-electron chi connectivity index (χ1n) is 5.22. The lowest BCUT2D eigenvalue weighted by molar-refractivity contribution is -0.165. The Morgan fingerprint density at radius 2 is 2.07 bits per heavy atom. The molecule has 0 radical (unpaired) electrons. The summed E-state index contributed by atoms with van der Waals surface area (Å²) in [5, 5.41) is 0. The van der Waals surface area contributed by atoms with E-state index in [1.54, 1.807) is 0 Å². The maximum absolute atomic E-state index is 11.2. The highest BCUT2D eigenvalue weighted by atomic mass is 16.5. The van der Waals surface area contributed by atoms with Crippen LogP contribution in [0.25, 0.3) is 0 Å². The van der Waals surface area contributed by atoms with Gasteiger partial charge < -0.3 is 14.4 Å². The number of likely N-dealkylation sites (tertiary alicyclic amines) is 1. The Morgan fingerprint density at radius 3 is 2.50 bits per heavy atom. The van der Waals surface area contributed by atoms with Gasteiger partial charge in [0.05, 0.1) is 5.60 Å². The molecule has 1 saturated heterocycles. The Labute approximate surface area is 86.4 Å². The summed E-state index contributed by atoms with van der Waals surface area (Å²) in [6, 6.07) is 0. The fourth-order valence-electron chi connectivity index (χ4n) is 2.08. The van der Waals surface area contributed by atoms with Crippen molar-refractivity contribution in [3.8, 4) is 0 Å². The zero-order valence-corrected chi connectivity index (χ0v) is 9.67. The number of ether oxygens (including phenoxy) is 1. The first kappa shape index (κ1) is 11.7. The Kier molecular flexibility index (Phi) is 3.32. The van der Waals surface area contributed by atoms with Crippen molar-refractivity contribution >= 4 is 6.29 Å². The molecule has 0 aliphatic carbocycles. The van der Waals surface area contributed by atoms with E-state index < -0.39 is 5.60 Å². The number of carbonyl (C=O) groups excluding carboxylic acids is 1. The molecule has 0 amide bonds. The highest BCUT2D eigenvalue weighted by Gasteiger charge is 2.38. The van der Waals surface area contributed by atoms with E-state index in [0.717, 1.165) is 25.7 Å². The molecule has 1 atom stereocenters. The van der Waals surface area contributed by atoms with Gasteiger partial charge in [-0.15, -0.1) is 0 Å². The van der Waals surface area contributed by atoms with Crippen LogP contribution in [0.2, 0.25) is 0 Å². The Morgan fingerprint density at radius 1 is 1.43 bits per heavy atom. The summed E-state index contributed by atoms with van der Waals surface area (Å²) in [4.78, 5) is 13.3. The zero-order chi connectivity index (χ0) is 10.8. The summed E-state index contributed by atoms with van der Waals surface area (Å²) in [6.07, 6.45) is 2.86. The van der Waals surface area contributed by atoms with E-state index in [2.05, 4.69) is 4.90 Å². The SMILES string of the molecule is CN1CCCC(C=O)(OC(C)(C)C)C1. The molecule has 1 fully saturated rings. The van der Waals surface area contributed by atoms with Crippen molar-refractivity contribution in [2.75, 3.05) is 20.1 Å². The van der Waals surface area contributed by atoms with E-state index >= 15 is 0 Å². The fraction of sp³-hybridized carbons (Fsp3) is 0.909. The summed E-state index contributed by atoms with van der Waals surface area (Å²) in [5.74, 6) is 0. The van der Waals surface area contributed by atoms with E-state index in [1.165, 1.54) is 0 Å². The average molecular weight is 199 g/mol. The average Bonchev–Trinajstić information content (AvgIpc) is 2.01. The number of rotatable bonds is 2.